The van der Waals surface area contributed by atoms with Crippen LogP contribution >= 0.6 is 0 Å². The Morgan fingerprint density at radius 3 is 2.32 bits per heavy atom. The van der Waals surface area contributed by atoms with E-state index in [0.29, 0.717) is 45.9 Å². The third kappa shape index (κ3) is 5.41. The van der Waals surface area contributed by atoms with Gasteiger partial charge in [-0.15, -0.1) is 5.10 Å². The average Bonchev–Trinajstić information content (AvgIpc) is 3.56. The molecule has 2 saturated heterocycles. The molecule has 3 aromatic rings. The highest BCUT2D eigenvalue weighted by molar-refractivity contribution is 6.00. The van der Waals surface area contributed by atoms with Gasteiger partial charge < -0.3 is 19.3 Å². The Labute approximate surface area is 215 Å². The molecule has 2 aliphatic rings. The van der Waals surface area contributed by atoms with Gasteiger partial charge in [0.1, 0.15) is 11.5 Å². The summed E-state index contributed by atoms with van der Waals surface area (Å²) in [5, 5.41) is 12.2. The number of amides is 2. The number of benzene rings is 2. The van der Waals surface area contributed by atoms with Crippen molar-refractivity contribution in [1.82, 2.24) is 30.0 Å². The predicted octanol–water partition coefficient (Wildman–Crippen LogP) is 1.77. The van der Waals surface area contributed by atoms with Crippen molar-refractivity contribution < 1.29 is 19.1 Å². The molecule has 5 rings (SSSR count). The van der Waals surface area contributed by atoms with Crippen LogP contribution in [-0.4, -0.2) is 88.3 Å². The fourth-order valence-corrected chi connectivity index (χ4v) is 4.82. The molecule has 37 heavy (non-hydrogen) atoms. The number of ether oxygens (including phenoxy) is 2. The summed E-state index contributed by atoms with van der Waals surface area (Å²) in [6.45, 7) is 6.14. The maximum Gasteiger partial charge on any atom is 0.228 e. The van der Waals surface area contributed by atoms with Crippen LogP contribution in [-0.2, 0) is 16.1 Å². The second-order valence-electron chi connectivity index (χ2n) is 9.14. The number of hydrogen-bond acceptors (Lipinski definition) is 8. The van der Waals surface area contributed by atoms with Crippen LogP contribution < -0.4 is 14.4 Å². The van der Waals surface area contributed by atoms with Gasteiger partial charge in [0.15, 0.2) is 5.82 Å². The highest BCUT2D eigenvalue weighted by Crippen LogP contribution is 2.28. The highest BCUT2D eigenvalue weighted by atomic mass is 16.5. The topological polar surface area (TPSA) is 106 Å². The summed E-state index contributed by atoms with van der Waals surface area (Å²) < 4.78 is 12.4. The summed E-state index contributed by atoms with van der Waals surface area (Å²) in [5.41, 5.74) is 1.65. The van der Waals surface area contributed by atoms with Gasteiger partial charge >= 0.3 is 0 Å². The van der Waals surface area contributed by atoms with E-state index in [-0.39, 0.29) is 24.2 Å². The molecule has 11 heteroatoms. The Bertz CT molecular complexity index is 1220. The maximum atomic E-state index is 13.2. The number of carbonyl (C=O) groups excluding carboxylic acids is 2. The molecule has 1 aromatic heterocycles. The summed E-state index contributed by atoms with van der Waals surface area (Å²) in [6.07, 6.45) is 0.239. The number of aromatic nitrogens is 4. The largest absolute Gasteiger partial charge is 0.497 e. The molecule has 2 aromatic carbocycles. The van der Waals surface area contributed by atoms with E-state index in [1.54, 1.807) is 16.7 Å². The molecule has 0 bridgehead atoms. The third-order valence-electron chi connectivity index (χ3n) is 6.83. The minimum Gasteiger partial charge on any atom is -0.497 e. The molecule has 194 valence electrons. The van der Waals surface area contributed by atoms with E-state index >= 15 is 0 Å². The molecule has 2 aliphatic heterocycles. The Hall–Kier alpha value is -3.99. The van der Waals surface area contributed by atoms with Gasteiger partial charge in [-0.3, -0.25) is 14.5 Å². The number of piperazine rings is 1. The number of anilines is 1. The molecule has 3 heterocycles. The third-order valence-corrected chi connectivity index (χ3v) is 6.83. The first-order valence-electron chi connectivity index (χ1n) is 12.5. The van der Waals surface area contributed by atoms with Gasteiger partial charge in [0.2, 0.25) is 11.8 Å². The summed E-state index contributed by atoms with van der Waals surface area (Å²) in [6, 6.07) is 15.0. The van der Waals surface area contributed by atoms with Gasteiger partial charge in [-0.1, -0.05) is 0 Å². The zero-order valence-corrected chi connectivity index (χ0v) is 21.1. The zero-order valence-electron chi connectivity index (χ0n) is 21.1. The number of carbonyl (C=O) groups is 2. The van der Waals surface area contributed by atoms with E-state index in [4.69, 9.17) is 9.47 Å². The molecule has 1 unspecified atom stereocenters. The second kappa shape index (κ2) is 11.0. The first-order chi connectivity index (χ1) is 18.1. The summed E-state index contributed by atoms with van der Waals surface area (Å²) in [5.74, 6) is 1.97. The van der Waals surface area contributed by atoms with Crippen LogP contribution in [0.15, 0.2) is 48.5 Å². The van der Waals surface area contributed by atoms with Crippen molar-refractivity contribution in [2.24, 2.45) is 5.92 Å². The second-order valence-corrected chi connectivity index (χ2v) is 9.14. The lowest BCUT2D eigenvalue weighted by molar-refractivity contribution is -0.137. The van der Waals surface area contributed by atoms with Crippen LogP contribution in [0.25, 0.3) is 5.69 Å². The minimum atomic E-state index is -0.326. The number of rotatable bonds is 8. The van der Waals surface area contributed by atoms with Crippen LogP contribution in [0, 0.1) is 5.92 Å². The Balaban J connectivity index is 1.15. The number of nitrogens with zero attached hydrogens (tertiary/aromatic N) is 7. The molecule has 0 N–H and O–H groups in total. The van der Waals surface area contributed by atoms with Crippen molar-refractivity contribution >= 4 is 17.5 Å². The van der Waals surface area contributed by atoms with Crippen LogP contribution in [0.2, 0.25) is 0 Å². The molecule has 0 aliphatic carbocycles. The van der Waals surface area contributed by atoms with Gasteiger partial charge in [-0.2, -0.15) is 4.68 Å². The van der Waals surface area contributed by atoms with Crippen molar-refractivity contribution in [3.63, 3.8) is 0 Å². The SMILES string of the molecule is CCOc1ccc(N2CC(C(=O)N3CCN(Cc4nnnn4-c4ccc(OC)cc4)CC3)CC2=O)cc1. The monoisotopic (exact) mass is 505 g/mol. The summed E-state index contributed by atoms with van der Waals surface area (Å²) in [7, 11) is 1.63. The van der Waals surface area contributed by atoms with Crippen molar-refractivity contribution in [1.29, 1.82) is 0 Å². The van der Waals surface area contributed by atoms with Gasteiger partial charge in [0.05, 0.1) is 31.9 Å². The van der Waals surface area contributed by atoms with E-state index in [2.05, 4.69) is 20.4 Å². The standard InChI is InChI=1S/C26H31N7O4/c1-3-37-23-10-4-20(5-11-23)32-17-19(16-25(32)34)26(35)31-14-12-30(13-15-31)18-24-27-28-29-33(24)21-6-8-22(36-2)9-7-21/h4-11,19H,3,12-18H2,1-2H3. The molecule has 2 amide bonds. The van der Waals surface area contributed by atoms with Crippen LogP contribution in [0.3, 0.4) is 0 Å². The van der Waals surface area contributed by atoms with E-state index in [1.165, 1.54) is 0 Å². The number of methoxy groups -OCH3 is 1. The van der Waals surface area contributed by atoms with E-state index < -0.39 is 0 Å². The average molecular weight is 506 g/mol. The van der Waals surface area contributed by atoms with E-state index in [9.17, 15) is 9.59 Å². The minimum absolute atomic E-state index is 0.0217. The molecule has 0 spiro atoms. The first-order valence-corrected chi connectivity index (χ1v) is 12.5. The van der Waals surface area contributed by atoms with Crippen LogP contribution in [0.1, 0.15) is 19.2 Å². The molecule has 0 saturated carbocycles. The van der Waals surface area contributed by atoms with Crippen molar-refractivity contribution in [3.8, 4) is 17.2 Å². The smallest absolute Gasteiger partial charge is 0.228 e. The van der Waals surface area contributed by atoms with E-state index in [0.717, 1.165) is 28.7 Å². The summed E-state index contributed by atoms with van der Waals surface area (Å²) >= 11 is 0. The molecule has 1 atom stereocenters. The Kier molecular flexibility index (Phi) is 7.31. The number of tetrazole rings is 1. The van der Waals surface area contributed by atoms with Gasteiger partial charge in [-0.05, 0) is 65.9 Å². The van der Waals surface area contributed by atoms with Crippen molar-refractivity contribution in [2.75, 3.05) is 51.3 Å². The fraction of sp³-hybridized carbons (Fsp3) is 0.423. The Morgan fingerprint density at radius 1 is 0.973 bits per heavy atom. The van der Waals surface area contributed by atoms with Crippen LogP contribution in [0.5, 0.6) is 11.5 Å². The summed E-state index contributed by atoms with van der Waals surface area (Å²) in [4.78, 5) is 31.7. The highest BCUT2D eigenvalue weighted by Gasteiger charge is 2.38. The van der Waals surface area contributed by atoms with E-state index in [1.807, 2.05) is 60.4 Å². The number of hydrogen-bond donors (Lipinski definition) is 0. The predicted molar refractivity (Wildman–Crippen MR) is 136 cm³/mol. The lowest BCUT2D eigenvalue weighted by Gasteiger charge is -2.35. The van der Waals surface area contributed by atoms with Crippen LogP contribution in [0.4, 0.5) is 5.69 Å². The molecular formula is C26H31N7O4. The quantitative estimate of drug-likeness (QED) is 0.456. The lowest BCUT2D eigenvalue weighted by Crippen LogP contribution is -2.50. The molecule has 2 fully saturated rings. The molecule has 11 nitrogen and oxygen atoms in total. The lowest BCUT2D eigenvalue weighted by atomic mass is 10.1. The first kappa shape index (κ1) is 24.7. The van der Waals surface area contributed by atoms with Gasteiger partial charge in [0, 0.05) is 44.8 Å². The van der Waals surface area contributed by atoms with Gasteiger partial charge in [-0.25, -0.2) is 0 Å². The van der Waals surface area contributed by atoms with Crippen molar-refractivity contribution in [2.45, 2.75) is 19.9 Å². The Morgan fingerprint density at radius 2 is 1.65 bits per heavy atom. The maximum absolute atomic E-state index is 13.2. The molecular weight excluding hydrogens is 474 g/mol. The molecule has 0 radical (unpaired) electrons. The van der Waals surface area contributed by atoms with Gasteiger partial charge in [0.25, 0.3) is 0 Å². The fourth-order valence-electron chi connectivity index (χ4n) is 4.82. The normalized spacial score (nSPS) is 18.3. The van der Waals surface area contributed by atoms with Crippen molar-refractivity contribution in [3.05, 3.63) is 54.4 Å². The zero-order chi connectivity index (χ0) is 25.8.